The first kappa shape index (κ1) is 66.8. The second-order valence-corrected chi connectivity index (χ2v) is 21.2. The number of unbranched alkanes of at least 4 members (excludes halogenated alkanes) is 28. The zero-order valence-electron chi connectivity index (χ0n) is 45.1. The van der Waals surface area contributed by atoms with Gasteiger partial charge in [-0.05, 0) is 12.8 Å². The number of hydrogen-bond donors (Lipinski definition) is 12. The highest BCUT2D eigenvalue weighted by atomic mass is 16.8. The molecule has 17 unspecified atom stereocenters. The van der Waals surface area contributed by atoms with Gasteiger partial charge in [0, 0.05) is 6.92 Å². The lowest BCUT2D eigenvalue weighted by atomic mass is 9.96. The Balaban J connectivity index is 1.24. The van der Waals surface area contributed by atoms with Crippen LogP contribution in [0.15, 0.2) is 12.2 Å². The largest absolute Gasteiger partial charge is 0.394 e. The molecule has 3 aliphatic rings. The Bertz CT molecular complexity index is 1410. The van der Waals surface area contributed by atoms with E-state index in [1.54, 1.807) is 6.08 Å². The van der Waals surface area contributed by atoms with Crippen LogP contribution >= 0.6 is 0 Å². The van der Waals surface area contributed by atoms with Gasteiger partial charge in [-0.15, -0.1) is 0 Å². The highest BCUT2D eigenvalue weighted by molar-refractivity contribution is 5.73. The summed E-state index contributed by atoms with van der Waals surface area (Å²) in [6.07, 6.45) is 15.1. The van der Waals surface area contributed by atoms with E-state index in [1.807, 2.05) is 6.08 Å². The molecule has 3 aliphatic heterocycles. The van der Waals surface area contributed by atoms with E-state index in [0.29, 0.717) is 0 Å². The molecule has 3 fully saturated rings. The maximum atomic E-state index is 12.1. The van der Waals surface area contributed by atoms with Gasteiger partial charge in [0.25, 0.3) is 0 Å². The van der Waals surface area contributed by atoms with Gasteiger partial charge in [0.2, 0.25) is 5.91 Å². The number of carbonyl (C=O) groups excluding carboxylic acids is 1. The van der Waals surface area contributed by atoms with Crippen LogP contribution in [0.3, 0.4) is 0 Å². The fraction of sp³-hybridized carbons (Fsp3) is 0.945. The van der Waals surface area contributed by atoms with Gasteiger partial charge >= 0.3 is 0 Å². The minimum atomic E-state index is -1.97. The lowest BCUT2D eigenvalue weighted by molar-refractivity contribution is -0.379. The van der Waals surface area contributed by atoms with E-state index in [1.165, 1.54) is 167 Å². The summed E-state index contributed by atoms with van der Waals surface area (Å²) in [6, 6.07) is -0.970. The fourth-order valence-corrected chi connectivity index (χ4v) is 10.2. The zero-order valence-corrected chi connectivity index (χ0v) is 45.1. The first-order chi connectivity index (χ1) is 35.8. The van der Waals surface area contributed by atoms with Crippen molar-refractivity contribution < 1.29 is 89.4 Å². The third-order valence-electron chi connectivity index (χ3n) is 14.9. The van der Waals surface area contributed by atoms with Crippen molar-refractivity contribution in [2.45, 2.75) is 304 Å². The number of carbonyl (C=O) groups is 1. The van der Waals surface area contributed by atoms with Crippen molar-refractivity contribution in [1.29, 1.82) is 0 Å². The Labute approximate surface area is 442 Å². The van der Waals surface area contributed by atoms with Crippen LogP contribution < -0.4 is 5.32 Å². The molecule has 0 aromatic heterocycles. The van der Waals surface area contributed by atoms with Crippen molar-refractivity contribution in [3.05, 3.63) is 12.2 Å². The quantitative estimate of drug-likeness (QED) is 0.0301. The Morgan fingerprint density at radius 3 is 1.19 bits per heavy atom. The summed E-state index contributed by atoms with van der Waals surface area (Å²) in [4.78, 5) is 12.1. The standard InChI is InChI=1S/C55H103NO18/c1-3-4-5-6-7-8-9-10-11-12-13-14-15-16-17-18-19-20-21-22-23-24-25-26-27-28-29-30-31-32-33-40(61)39(56-38(2)60)37-69-53-49(67)46(64)51(42(35-58)71-53)74-55-50(68)47(65)52(43(36-59)72-55)73-54-48(66)45(63)44(62)41(34-57)70-54/h32-33,39-55,57-59,61-68H,3-31,34-37H2,1-2H3,(H,56,60)/b33-32+. The van der Waals surface area contributed by atoms with Crippen LogP contribution in [0.5, 0.6) is 0 Å². The van der Waals surface area contributed by atoms with Crippen LogP contribution in [0.2, 0.25) is 0 Å². The number of hydrogen-bond acceptors (Lipinski definition) is 18. The smallest absolute Gasteiger partial charge is 0.217 e. The van der Waals surface area contributed by atoms with Gasteiger partial charge in [-0.3, -0.25) is 4.79 Å². The number of amides is 1. The zero-order chi connectivity index (χ0) is 54.1. The monoisotopic (exact) mass is 1070 g/mol. The topological polar surface area (TPSA) is 307 Å². The van der Waals surface area contributed by atoms with Gasteiger partial charge in [-0.1, -0.05) is 192 Å². The predicted molar refractivity (Wildman–Crippen MR) is 277 cm³/mol. The lowest BCUT2D eigenvalue weighted by Crippen LogP contribution is -2.66. The molecule has 12 N–H and O–H groups in total. The molecular weight excluding hydrogens is 963 g/mol. The first-order valence-electron chi connectivity index (χ1n) is 28.9. The number of allylic oxidation sites excluding steroid dienone is 1. The summed E-state index contributed by atoms with van der Waals surface area (Å²) in [7, 11) is 0. The molecule has 0 radical (unpaired) electrons. The molecule has 74 heavy (non-hydrogen) atoms. The van der Waals surface area contributed by atoms with E-state index in [0.717, 1.165) is 25.7 Å². The van der Waals surface area contributed by atoms with Gasteiger partial charge < -0.3 is 89.9 Å². The molecule has 3 saturated heterocycles. The van der Waals surface area contributed by atoms with Crippen LogP contribution in [-0.2, 0) is 33.2 Å². The molecule has 1 amide bonds. The van der Waals surface area contributed by atoms with Crippen LogP contribution in [0.1, 0.15) is 200 Å². The van der Waals surface area contributed by atoms with E-state index < -0.39 is 130 Å². The average Bonchev–Trinajstić information content (AvgIpc) is 3.39. The number of aliphatic hydroxyl groups is 11. The number of rotatable bonds is 42. The van der Waals surface area contributed by atoms with Crippen molar-refractivity contribution in [2.75, 3.05) is 26.4 Å². The number of nitrogens with one attached hydrogen (secondary N) is 1. The average molecular weight is 1070 g/mol. The molecule has 19 heteroatoms. The number of ether oxygens (including phenoxy) is 6. The SMILES string of the molecule is CCCCCCCCCCCCCCCCCCCCCCCCCCCCCC/C=C/C(O)C(COC1OC(CO)C(OC2OC(CO)C(OC3OC(CO)C(O)C(O)C3O)C(O)C2O)C(O)C1O)NC(C)=O. The summed E-state index contributed by atoms with van der Waals surface area (Å²) in [6.45, 7) is 0.772. The summed E-state index contributed by atoms with van der Waals surface area (Å²) in [5.74, 6) is -0.450. The van der Waals surface area contributed by atoms with Crippen molar-refractivity contribution >= 4 is 5.91 Å². The lowest BCUT2D eigenvalue weighted by Gasteiger charge is -2.48. The summed E-state index contributed by atoms with van der Waals surface area (Å²) >= 11 is 0. The Morgan fingerprint density at radius 2 is 0.811 bits per heavy atom. The third-order valence-corrected chi connectivity index (χ3v) is 14.9. The van der Waals surface area contributed by atoms with E-state index >= 15 is 0 Å². The van der Waals surface area contributed by atoms with E-state index in [2.05, 4.69) is 12.2 Å². The van der Waals surface area contributed by atoms with Gasteiger partial charge in [-0.2, -0.15) is 0 Å². The maximum absolute atomic E-state index is 12.1. The fourth-order valence-electron chi connectivity index (χ4n) is 10.2. The molecule has 0 bridgehead atoms. The van der Waals surface area contributed by atoms with E-state index in [-0.39, 0.29) is 6.61 Å². The highest BCUT2D eigenvalue weighted by Gasteiger charge is 2.53. The molecule has 0 aliphatic carbocycles. The van der Waals surface area contributed by atoms with Gasteiger partial charge in [0.15, 0.2) is 18.9 Å². The van der Waals surface area contributed by atoms with Crippen molar-refractivity contribution in [3.63, 3.8) is 0 Å². The minimum Gasteiger partial charge on any atom is -0.394 e. The Morgan fingerprint density at radius 1 is 0.473 bits per heavy atom. The minimum absolute atomic E-state index is 0.368. The molecule has 0 spiro atoms. The summed E-state index contributed by atoms with van der Waals surface area (Å²) < 4.78 is 33.7. The second-order valence-electron chi connectivity index (χ2n) is 21.2. The second kappa shape index (κ2) is 39.8. The molecule has 436 valence electrons. The van der Waals surface area contributed by atoms with Crippen LogP contribution in [0.4, 0.5) is 0 Å². The molecule has 0 aromatic carbocycles. The Kier molecular flexibility index (Phi) is 35.9. The van der Waals surface area contributed by atoms with E-state index in [9.17, 15) is 61.0 Å². The molecule has 3 heterocycles. The molecule has 17 atom stereocenters. The van der Waals surface area contributed by atoms with Crippen LogP contribution in [0, 0.1) is 0 Å². The molecule has 0 saturated carbocycles. The molecular formula is C55H103NO18. The molecule has 0 aromatic rings. The van der Waals surface area contributed by atoms with Crippen LogP contribution in [-0.4, -0.2) is 193 Å². The highest BCUT2D eigenvalue weighted by Crippen LogP contribution is 2.33. The van der Waals surface area contributed by atoms with Gasteiger partial charge in [0.05, 0.1) is 38.6 Å². The predicted octanol–water partition coefficient (Wildman–Crippen LogP) is 4.21. The normalized spacial score (nSPS) is 31.5. The summed E-state index contributed by atoms with van der Waals surface area (Å²) in [5, 5.41) is 118. The van der Waals surface area contributed by atoms with Crippen molar-refractivity contribution in [1.82, 2.24) is 5.32 Å². The molecule has 19 nitrogen and oxygen atoms in total. The first-order valence-corrected chi connectivity index (χ1v) is 28.9. The third kappa shape index (κ3) is 24.7. The van der Waals surface area contributed by atoms with Gasteiger partial charge in [0.1, 0.15) is 73.2 Å². The maximum Gasteiger partial charge on any atom is 0.217 e. The molecule has 3 rings (SSSR count). The Hall–Kier alpha value is -1.47. The number of aliphatic hydroxyl groups excluding tert-OH is 11. The van der Waals surface area contributed by atoms with E-state index in [4.69, 9.17) is 28.4 Å². The van der Waals surface area contributed by atoms with Crippen LogP contribution in [0.25, 0.3) is 0 Å². The van der Waals surface area contributed by atoms with Crippen molar-refractivity contribution in [3.8, 4) is 0 Å². The van der Waals surface area contributed by atoms with Crippen molar-refractivity contribution in [2.24, 2.45) is 0 Å². The van der Waals surface area contributed by atoms with Gasteiger partial charge in [-0.25, -0.2) is 0 Å². The summed E-state index contributed by atoms with van der Waals surface area (Å²) in [5.41, 5.74) is 0.